The Morgan fingerprint density at radius 3 is 2.59 bits per heavy atom. The summed E-state index contributed by atoms with van der Waals surface area (Å²) in [6, 6.07) is 4.17. The van der Waals surface area contributed by atoms with Crippen LogP contribution in [0.15, 0.2) is 18.2 Å². The van der Waals surface area contributed by atoms with E-state index in [1.54, 1.807) is 19.9 Å². The third-order valence-electron chi connectivity index (χ3n) is 2.44. The molecule has 0 aromatic heterocycles. The van der Waals surface area contributed by atoms with Crippen molar-refractivity contribution >= 4 is 5.91 Å². The van der Waals surface area contributed by atoms with Gasteiger partial charge in [-0.15, -0.1) is 0 Å². The van der Waals surface area contributed by atoms with Gasteiger partial charge in [-0.2, -0.15) is 0 Å². The lowest BCUT2D eigenvalue weighted by molar-refractivity contribution is -0.124. The second-order valence-electron chi connectivity index (χ2n) is 3.90. The van der Waals surface area contributed by atoms with Gasteiger partial charge < -0.3 is 16.2 Å². The Bertz CT molecular complexity index is 407. The number of hydrogen-bond acceptors (Lipinski definition) is 3. The number of primary amides is 1. The molecular formula is C12H17FN2O2. The molecule has 1 amide bonds. The Labute approximate surface area is 99.7 Å². The summed E-state index contributed by atoms with van der Waals surface area (Å²) in [5.41, 5.74) is 11.4. The number of carbonyl (C=O) groups excluding carboxylic acids is 1. The summed E-state index contributed by atoms with van der Waals surface area (Å²) >= 11 is 0. The van der Waals surface area contributed by atoms with Gasteiger partial charge in [0.1, 0.15) is 0 Å². The Balaban J connectivity index is 2.89. The molecule has 0 heterocycles. The first kappa shape index (κ1) is 13.4. The molecule has 17 heavy (non-hydrogen) atoms. The second-order valence-corrected chi connectivity index (χ2v) is 3.90. The van der Waals surface area contributed by atoms with E-state index >= 15 is 0 Å². The fraction of sp³-hybridized carbons (Fsp3) is 0.417. The van der Waals surface area contributed by atoms with Crippen molar-refractivity contribution in [2.75, 3.05) is 0 Å². The lowest BCUT2D eigenvalue weighted by Crippen LogP contribution is -2.33. The van der Waals surface area contributed by atoms with E-state index in [0.29, 0.717) is 12.0 Å². The number of amides is 1. The molecule has 0 aliphatic heterocycles. The summed E-state index contributed by atoms with van der Waals surface area (Å²) in [7, 11) is 0. The van der Waals surface area contributed by atoms with Gasteiger partial charge in [-0.1, -0.05) is 13.0 Å². The average Bonchev–Trinajstić information content (AvgIpc) is 2.26. The Hall–Kier alpha value is -1.62. The van der Waals surface area contributed by atoms with Gasteiger partial charge in [-0.05, 0) is 31.0 Å². The highest BCUT2D eigenvalue weighted by molar-refractivity contribution is 5.79. The summed E-state index contributed by atoms with van der Waals surface area (Å²) < 4.78 is 18.8. The van der Waals surface area contributed by atoms with Crippen molar-refractivity contribution in [2.24, 2.45) is 11.5 Å². The Kier molecular flexibility index (Phi) is 4.45. The minimum Gasteiger partial charge on any atom is -0.478 e. The van der Waals surface area contributed by atoms with Crippen LogP contribution >= 0.6 is 0 Å². The van der Waals surface area contributed by atoms with E-state index in [2.05, 4.69) is 0 Å². The van der Waals surface area contributed by atoms with Crippen LogP contribution in [0.3, 0.4) is 0 Å². The van der Waals surface area contributed by atoms with Crippen LogP contribution in [0.1, 0.15) is 31.9 Å². The Morgan fingerprint density at radius 1 is 1.53 bits per heavy atom. The first-order chi connectivity index (χ1) is 7.95. The van der Waals surface area contributed by atoms with Gasteiger partial charge in [0.25, 0.3) is 5.91 Å². The van der Waals surface area contributed by atoms with E-state index in [1.807, 2.05) is 0 Å². The molecule has 1 aromatic carbocycles. The largest absolute Gasteiger partial charge is 0.478 e. The lowest BCUT2D eigenvalue weighted by Gasteiger charge is -2.15. The third kappa shape index (κ3) is 3.42. The average molecular weight is 240 g/mol. The highest BCUT2D eigenvalue weighted by Crippen LogP contribution is 2.22. The van der Waals surface area contributed by atoms with Crippen molar-refractivity contribution in [3.8, 4) is 5.75 Å². The minimum atomic E-state index is -0.814. The number of benzene rings is 1. The number of hydrogen-bond donors (Lipinski definition) is 2. The number of halogens is 1. The van der Waals surface area contributed by atoms with Gasteiger partial charge in [0.2, 0.25) is 0 Å². The van der Waals surface area contributed by atoms with Crippen molar-refractivity contribution in [1.29, 1.82) is 0 Å². The standard InChI is InChI=1S/C12H17FN2O2/c1-3-10(12(15)16)17-11-5-4-8(7(2)14)6-9(11)13/h4-7,10H,3,14H2,1-2H3,(H2,15,16)/t7-,10?/m0/s1. The number of rotatable bonds is 5. The fourth-order valence-corrected chi connectivity index (χ4v) is 1.39. The molecule has 0 saturated carbocycles. The number of carbonyl (C=O) groups is 1. The van der Waals surface area contributed by atoms with Crippen molar-refractivity contribution in [3.63, 3.8) is 0 Å². The van der Waals surface area contributed by atoms with E-state index < -0.39 is 17.8 Å². The Morgan fingerprint density at radius 2 is 2.18 bits per heavy atom. The lowest BCUT2D eigenvalue weighted by atomic mass is 10.1. The number of nitrogens with two attached hydrogens (primary N) is 2. The van der Waals surface area contributed by atoms with E-state index in [4.69, 9.17) is 16.2 Å². The molecule has 0 radical (unpaired) electrons. The van der Waals surface area contributed by atoms with Gasteiger partial charge in [-0.25, -0.2) is 4.39 Å². The van der Waals surface area contributed by atoms with Crippen LogP contribution in [0.4, 0.5) is 4.39 Å². The molecule has 1 aromatic rings. The summed E-state index contributed by atoms with van der Waals surface area (Å²) in [5.74, 6) is -1.14. The van der Waals surface area contributed by atoms with Crippen molar-refractivity contribution in [3.05, 3.63) is 29.6 Å². The fourth-order valence-electron chi connectivity index (χ4n) is 1.39. The summed E-state index contributed by atoms with van der Waals surface area (Å²) in [4.78, 5) is 11.0. The summed E-state index contributed by atoms with van der Waals surface area (Å²) in [6.45, 7) is 3.50. The van der Waals surface area contributed by atoms with Gasteiger partial charge in [0.15, 0.2) is 17.7 Å². The molecule has 2 atom stereocenters. The van der Waals surface area contributed by atoms with Gasteiger partial charge >= 0.3 is 0 Å². The van der Waals surface area contributed by atoms with Crippen LogP contribution in [0, 0.1) is 5.82 Å². The smallest absolute Gasteiger partial charge is 0.258 e. The first-order valence-corrected chi connectivity index (χ1v) is 5.46. The van der Waals surface area contributed by atoms with Crippen LogP contribution in [0.25, 0.3) is 0 Å². The zero-order valence-corrected chi connectivity index (χ0v) is 9.94. The topological polar surface area (TPSA) is 78.3 Å². The molecule has 5 heteroatoms. The first-order valence-electron chi connectivity index (χ1n) is 5.46. The van der Waals surface area contributed by atoms with Crippen LogP contribution in [-0.2, 0) is 4.79 Å². The van der Waals surface area contributed by atoms with E-state index in [-0.39, 0.29) is 11.8 Å². The molecule has 0 spiro atoms. The maximum atomic E-state index is 13.6. The van der Waals surface area contributed by atoms with Crippen LogP contribution < -0.4 is 16.2 Å². The van der Waals surface area contributed by atoms with Crippen LogP contribution in [-0.4, -0.2) is 12.0 Å². The van der Waals surface area contributed by atoms with Crippen LogP contribution in [0.5, 0.6) is 5.75 Å². The minimum absolute atomic E-state index is 0.0139. The molecule has 4 nitrogen and oxygen atoms in total. The van der Waals surface area contributed by atoms with E-state index in [9.17, 15) is 9.18 Å². The highest BCUT2D eigenvalue weighted by Gasteiger charge is 2.17. The van der Waals surface area contributed by atoms with Gasteiger partial charge in [0.05, 0.1) is 0 Å². The molecular weight excluding hydrogens is 223 g/mol. The third-order valence-corrected chi connectivity index (χ3v) is 2.44. The predicted octanol–water partition coefficient (Wildman–Crippen LogP) is 1.49. The molecule has 0 saturated heterocycles. The second kappa shape index (κ2) is 5.63. The van der Waals surface area contributed by atoms with Crippen molar-refractivity contribution < 1.29 is 13.9 Å². The normalized spacial score (nSPS) is 14.1. The molecule has 4 N–H and O–H groups in total. The summed E-state index contributed by atoms with van der Waals surface area (Å²) in [6.07, 6.45) is -0.422. The zero-order chi connectivity index (χ0) is 13.0. The summed E-state index contributed by atoms with van der Waals surface area (Å²) in [5, 5.41) is 0. The van der Waals surface area contributed by atoms with Crippen molar-refractivity contribution in [1.82, 2.24) is 0 Å². The molecule has 0 aliphatic carbocycles. The van der Waals surface area contributed by atoms with Gasteiger partial charge in [0, 0.05) is 6.04 Å². The highest BCUT2D eigenvalue weighted by atomic mass is 19.1. The maximum Gasteiger partial charge on any atom is 0.258 e. The monoisotopic (exact) mass is 240 g/mol. The molecule has 0 bridgehead atoms. The van der Waals surface area contributed by atoms with Crippen LogP contribution in [0.2, 0.25) is 0 Å². The van der Waals surface area contributed by atoms with E-state index in [0.717, 1.165) is 0 Å². The quantitative estimate of drug-likeness (QED) is 0.818. The number of ether oxygens (including phenoxy) is 1. The van der Waals surface area contributed by atoms with Crippen molar-refractivity contribution in [2.45, 2.75) is 32.4 Å². The molecule has 94 valence electrons. The molecule has 1 rings (SSSR count). The van der Waals surface area contributed by atoms with E-state index in [1.165, 1.54) is 12.1 Å². The molecule has 0 fully saturated rings. The maximum absolute atomic E-state index is 13.6. The van der Waals surface area contributed by atoms with Gasteiger partial charge in [-0.3, -0.25) is 4.79 Å². The SMILES string of the molecule is CCC(Oc1ccc([C@H](C)N)cc1F)C(N)=O. The molecule has 0 aliphatic rings. The zero-order valence-electron chi connectivity index (χ0n) is 9.94. The predicted molar refractivity (Wildman–Crippen MR) is 62.9 cm³/mol. The molecule has 1 unspecified atom stereocenters.